The van der Waals surface area contributed by atoms with Crippen LogP contribution in [-0.2, 0) is 13.0 Å². The maximum absolute atomic E-state index is 11.3. The minimum atomic E-state index is -0.0690. The molecule has 4 heteroatoms. The fraction of sp³-hybridized carbons (Fsp3) is 0.800. The normalized spacial score (nSPS) is 17.8. The summed E-state index contributed by atoms with van der Waals surface area (Å²) in [6, 6.07) is 0. The topological polar surface area (TPSA) is 50.7 Å². The lowest BCUT2D eigenvalue weighted by molar-refractivity contribution is 0.524. The molecule has 1 N–H and O–H groups in total. The molecule has 1 aromatic rings. The van der Waals surface area contributed by atoms with E-state index in [4.69, 9.17) is 0 Å². The fourth-order valence-corrected chi connectivity index (χ4v) is 2.20. The zero-order valence-corrected chi connectivity index (χ0v) is 8.62. The Labute approximate surface area is 83.3 Å². The second-order valence-electron chi connectivity index (χ2n) is 4.05. The molecule has 78 valence electrons. The van der Waals surface area contributed by atoms with E-state index in [1.165, 1.54) is 30.4 Å². The van der Waals surface area contributed by atoms with Gasteiger partial charge in [0.2, 0.25) is 0 Å². The van der Waals surface area contributed by atoms with Crippen LogP contribution in [0.4, 0.5) is 0 Å². The molecule has 0 amide bonds. The predicted octanol–water partition coefficient (Wildman–Crippen LogP) is 1.32. The molecule has 1 aromatic heterocycles. The third-order valence-corrected chi connectivity index (χ3v) is 2.98. The molecule has 0 radical (unpaired) electrons. The van der Waals surface area contributed by atoms with Crippen LogP contribution in [0, 0.1) is 5.92 Å². The van der Waals surface area contributed by atoms with Gasteiger partial charge in [-0.1, -0.05) is 25.7 Å². The van der Waals surface area contributed by atoms with Gasteiger partial charge in [0.25, 0.3) is 0 Å². The molecule has 0 unspecified atom stereocenters. The number of H-pyrrole nitrogens is 1. The third-order valence-electron chi connectivity index (χ3n) is 2.98. The largest absolute Gasteiger partial charge is 0.343 e. The van der Waals surface area contributed by atoms with Gasteiger partial charge in [-0.05, 0) is 12.8 Å². The van der Waals surface area contributed by atoms with E-state index in [1.54, 1.807) is 0 Å². The molecule has 0 bridgehead atoms. The van der Waals surface area contributed by atoms with E-state index >= 15 is 0 Å². The number of rotatable bonds is 3. The lowest BCUT2D eigenvalue weighted by atomic mass is 10.0. The van der Waals surface area contributed by atoms with Gasteiger partial charge < -0.3 is 0 Å². The number of nitrogens with zero attached hydrogens (tertiary/aromatic N) is 2. The first-order valence-corrected chi connectivity index (χ1v) is 5.45. The van der Waals surface area contributed by atoms with Crippen LogP contribution in [0.2, 0.25) is 0 Å². The molecule has 2 rings (SSSR count). The van der Waals surface area contributed by atoms with Crippen LogP contribution in [0.25, 0.3) is 0 Å². The summed E-state index contributed by atoms with van der Waals surface area (Å²) in [6.07, 6.45) is 6.21. The summed E-state index contributed by atoms with van der Waals surface area (Å²) in [5.74, 6) is 1.61. The zero-order chi connectivity index (χ0) is 9.97. The average Bonchev–Trinajstić information content (AvgIpc) is 2.76. The number of hydrogen-bond acceptors (Lipinski definition) is 2. The van der Waals surface area contributed by atoms with Crippen molar-refractivity contribution in [1.29, 1.82) is 0 Å². The molecule has 4 nitrogen and oxygen atoms in total. The van der Waals surface area contributed by atoms with Crippen molar-refractivity contribution in [1.82, 2.24) is 14.8 Å². The monoisotopic (exact) mass is 195 g/mol. The number of aryl methyl sites for hydroxylation is 1. The lowest BCUT2D eigenvalue weighted by Gasteiger charge is -2.04. The van der Waals surface area contributed by atoms with Gasteiger partial charge in [-0.25, -0.2) is 9.48 Å². The molecule has 1 aliphatic rings. The molecule has 0 spiro atoms. The van der Waals surface area contributed by atoms with Gasteiger partial charge in [0.15, 0.2) is 0 Å². The molecule has 1 saturated carbocycles. The van der Waals surface area contributed by atoms with E-state index in [9.17, 15) is 4.79 Å². The summed E-state index contributed by atoms with van der Waals surface area (Å²) in [5, 5.41) is 4.24. The Morgan fingerprint density at radius 2 is 2.21 bits per heavy atom. The van der Waals surface area contributed by atoms with Gasteiger partial charge in [0, 0.05) is 13.0 Å². The highest BCUT2D eigenvalue weighted by Gasteiger charge is 2.17. The Bertz CT molecular complexity index is 346. The van der Waals surface area contributed by atoms with Gasteiger partial charge in [0.05, 0.1) is 0 Å². The standard InChI is InChI=1S/C10H17N3O/c1-2-13-10(14)11-9(12-13)7-8-5-3-4-6-8/h8H,2-7H2,1H3,(H,11,12,14). The third kappa shape index (κ3) is 1.89. The van der Waals surface area contributed by atoms with Crippen LogP contribution in [-0.4, -0.2) is 14.8 Å². The van der Waals surface area contributed by atoms with Crippen LogP contribution in [0.3, 0.4) is 0 Å². The zero-order valence-electron chi connectivity index (χ0n) is 8.62. The maximum atomic E-state index is 11.3. The van der Waals surface area contributed by atoms with Crippen molar-refractivity contribution in [2.75, 3.05) is 0 Å². The Morgan fingerprint density at radius 1 is 1.50 bits per heavy atom. The van der Waals surface area contributed by atoms with Gasteiger partial charge in [-0.15, -0.1) is 0 Å². The van der Waals surface area contributed by atoms with E-state index in [0.29, 0.717) is 6.54 Å². The van der Waals surface area contributed by atoms with Crippen LogP contribution >= 0.6 is 0 Å². The highest BCUT2D eigenvalue weighted by atomic mass is 16.1. The van der Waals surface area contributed by atoms with Crippen LogP contribution in [0.5, 0.6) is 0 Å². The summed E-state index contributed by atoms with van der Waals surface area (Å²) in [4.78, 5) is 14.1. The van der Waals surface area contributed by atoms with Crippen molar-refractivity contribution in [3.8, 4) is 0 Å². The Kier molecular flexibility index (Phi) is 2.70. The van der Waals surface area contributed by atoms with Crippen molar-refractivity contribution in [3.63, 3.8) is 0 Å². The molecule has 1 fully saturated rings. The first-order chi connectivity index (χ1) is 6.79. The summed E-state index contributed by atoms with van der Waals surface area (Å²) < 4.78 is 1.49. The number of nitrogens with one attached hydrogen (secondary N) is 1. The van der Waals surface area contributed by atoms with Gasteiger partial charge in [-0.3, -0.25) is 4.98 Å². The van der Waals surface area contributed by atoms with Crippen molar-refractivity contribution < 1.29 is 0 Å². The summed E-state index contributed by atoms with van der Waals surface area (Å²) >= 11 is 0. The smallest absolute Gasteiger partial charge is 0.293 e. The SMILES string of the molecule is CCn1nc(CC2CCCC2)[nH]c1=O. The average molecular weight is 195 g/mol. The van der Waals surface area contributed by atoms with Crippen LogP contribution < -0.4 is 5.69 Å². The van der Waals surface area contributed by atoms with Crippen molar-refractivity contribution in [3.05, 3.63) is 16.3 Å². The van der Waals surface area contributed by atoms with Crippen LogP contribution in [0.15, 0.2) is 4.79 Å². The lowest BCUT2D eigenvalue weighted by Crippen LogP contribution is -2.16. The number of aromatic nitrogens is 3. The second-order valence-corrected chi connectivity index (χ2v) is 4.05. The first-order valence-electron chi connectivity index (χ1n) is 5.45. The van der Waals surface area contributed by atoms with E-state index in [0.717, 1.165) is 18.2 Å². The highest BCUT2D eigenvalue weighted by molar-refractivity contribution is 4.86. The van der Waals surface area contributed by atoms with E-state index in [1.807, 2.05) is 6.92 Å². The summed E-state index contributed by atoms with van der Waals surface area (Å²) in [7, 11) is 0. The first kappa shape index (κ1) is 9.49. The van der Waals surface area contributed by atoms with Gasteiger partial charge in [-0.2, -0.15) is 5.10 Å². The van der Waals surface area contributed by atoms with Crippen molar-refractivity contribution in [2.45, 2.75) is 45.6 Å². The summed E-state index contributed by atoms with van der Waals surface area (Å²) in [6.45, 7) is 2.58. The highest BCUT2D eigenvalue weighted by Crippen LogP contribution is 2.26. The molecule has 0 aromatic carbocycles. The molecule has 0 aliphatic heterocycles. The van der Waals surface area contributed by atoms with E-state index in [-0.39, 0.29) is 5.69 Å². The molecule has 0 saturated heterocycles. The number of hydrogen-bond donors (Lipinski definition) is 1. The minimum Gasteiger partial charge on any atom is -0.293 e. The maximum Gasteiger partial charge on any atom is 0.343 e. The Balaban J connectivity index is 2.05. The molecular formula is C10H17N3O. The molecule has 14 heavy (non-hydrogen) atoms. The Hall–Kier alpha value is -1.06. The number of aromatic amines is 1. The van der Waals surface area contributed by atoms with Gasteiger partial charge >= 0.3 is 5.69 Å². The second kappa shape index (κ2) is 3.98. The molecule has 0 atom stereocenters. The molecule has 1 heterocycles. The molecule has 1 aliphatic carbocycles. The Morgan fingerprint density at radius 3 is 2.79 bits per heavy atom. The van der Waals surface area contributed by atoms with E-state index < -0.39 is 0 Å². The minimum absolute atomic E-state index is 0.0690. The molecular weight excluding hydrogens is 178 g/mol. The fourth-order valence-electron chi connectivity index (χ4n) is 2.20. The van der Waals surface area contributed by atoms with Gasteiger partial charge in [0.1, 0.15) is 5.82 Å². The quantitative estimate of drug-likeness (QED) is 0.791. The summed E-state index contributed by atoms with van der Waals surface area (Å²) in [5.41, 5.74) is -0.0690. The van der Waals surface area contributed by atoms with Crippen molar-refractivity contribution >= 4 is 0 Å². The van der Waals surface area contributed by atoms with Crippen LogP contribution in [0.1, 0.15) is 38.4 Å². The predicted molar refractivity (Wildman–Crippen MR) is 54.2 cm³/mol. The van der Waals surface area contributed by atoms with Crippen molar-refractivity contribution in [2.24, 2.45) is 5.92 Å². The van der Waals surface area contributed by atoms with E-state index in [2.05, 4.69) is 10.1 Å².